The van der Waals surface area contributed by atoms with Crippen molar-refractivity contribution in [3.8, 4) is 12.3 Å². The van der Waals surface area contributed by atoms with Crippen molar-refractivity contribution < 1.29 is 14.8 Å². The summed E-state index contributed by atoms with van der Waals surface area (Å²) >= 11 is 0. The zero-order valence-electron chi connectivity index (χ0n) is 11.7. The summed E-state index contributed by atoms with van der Waals surface area (Å²) in [5.41, 5.74) is 0.795. The Kier molecular flexibility index (Phi) is 5.96. The van der Waals surface area contributed by atoms with E-state index in [4.69, 9.17) is 11.5 Å². The lowest BCUT2D eigenvalue weighted by Gasteiger charge is -2.21. The molecule has 6 nitrogen and oxygen atoms in total. The maximum atomic E-state index is 11.2. The average Bonchev–Trinajstić information content (AvgIpc) is 2.44. The van der Waals surface area contributed by atoms with Gasteiger partial charge in [-0.15, -0.1) is 6.42 Å². The van der Waals surface area contributed by atoms with Crippen molar-refractivity contribution in [2.45, 2.75) is 13.3 Å². The highest BCUT2D eigenvalue weighted by Crippen LogP contribution is 2.29. The second-order valence-corrected chi connectivity index (χ2v) is 4.30. The number of hydrogen-bond acceptors (Lipinski definition) is 4. The van der Waals surface area contributed by atoms with E-state index in [1.165, 1.54) is 12.1 Å². The molecule has 0 aromatic heterocycles. The van der Waals surface area contributed by atoms with Crippen molar-refractivity contribution in [3.63, 3.8) is 0 Å². The minimum atomic E-state index is -1.11. The first-order valence-corrected chi connectivity index (χ1v) is 6.37. The molecular weight excluding hydrogens is 272 g/mol. The lowest BCUT2D eigenvalue weighted by Crippen LogP contribution is -2.25. The number of aliphatic carboxylic acids is 1. The van der Waals surface area contributed by atoms with Crippen molar-refractivity contribution >= 4 is 23.4 Å². The third-order valence-electron chi connectivity index (χ3n) is 2.73. The van der Waals surface area contributed by atoms with E-state index in [2.05, 4.69) is 5.92 Å². The molecule has 0 unspecified atom stereocenters. The third kappa shape index (κ3) is 4.66. The quantitative estimate of drug-likeness (QED) is 0.361. The van der Waals surface area contributed by atoms with E-state index in [9.17, 15) is 14.9 Å². The van der Waals surface area contributed by atoms with Gasteiger partial charge >= 0.3 is 5.97 Å². The highest BCUT2D eigenvalue weighted by molar-refractivity contribution is 5.85. The van der Waals surface area contributed by atoms with Crippen molar-refractivity contribution in [2.24, 2.45) is 0 Å². The van der Waals surface area contributed by atoms with E-state index >= 15 is 0 Å². The standard InChI is InChI=1S/C15H16N2O4/c1-3-9-16(10-4-2)13-7-5-12(6-8-15(18)19)11-14(13)17(20)21/h1,5-8,11H,4,9-10H2,2H3,(H,18,19)/b8-6+. The number of hydrogen-bond donors (Lipinski definition) is 1. The predicted molar refractivity (Wildman–Crippen MR) is 81.1 cm³/mol. The molecule has 6 heteroatoms. The first-order chi connectivity index (χ1) is 9.99. The van der Waals surface area contributed by atoms with Gasteiger partial charge in [0.2, 0.25) is 0 Å². The van der Waals surface area contributed by atoms with Gasteiger partial charge in [-0.3, -0.25) is 10.1 Å². The highest BCUT2D eigenvalue weighted by atomic mass is 16.6. The monoisotopic (exact) mass is 288 g/mol. The Bertz CT molecular complexity index is 602. The Hall–Kier alpha value is -2.81. The molecule has 0 saturated heterocycles. The zero-order chi connectivity index (χ0) is 15.8. The fourth-order valence-corrected chi connectivity index (χ4v) is 1.89. The zero-order valence-corrected chi connectivity index (χ0v) is 11.7. The van der Waals surface area contributed by atoms with Gasteiger partial charge in [-0.25, -0.2) is 4.79 Å². The molecular formula is C15H16N2O4. The predicted octanol–water partition coefficient (Wildman–Crippen LogP) is 2.54. The third-order valence-corrected chi connectivity index (χ3v) is 2.73. The fourth-order valence-electron chi connectivity index (χ4n) is 1.89. The number of nitrogens with zero attached hydrogens (tertiary/aromatic N) is 2. The van der Waals surface area contributed by atoms with Gasteiger partial charge in [-0.05, 0) is 24.1 Å². The molecule has 0 atom stereocenters. The van der Waals surface area contributed by atoms with Crippen LogP contribution in [0.2, 0.25) is 0 Å². The Morgan fingerprint density at radius 1 is 1.57 bits per heavy atom. The van der Waals surface area contributed by atoms with Crippen LogP contribution < -0.4 is 4.90 Å². The summed E-state index contributed by atoms with van der Waals surface area (Å²) in [5, 5.41) is 19.8. The molecule has 0 heterocycles. The molecule has 1 aromatic rings. The number of nitro groups is 1. The van der Waals surface area contributed by atoms with Crippen molar-refractivity contribution in [2.75, 3.05) is 18.0 Å². The van der Waals surface area contributed by atoms with Gasteiger partial charge in [-0.2, -0.15) is 0 Å². The molecule has 0 saturated carbocycles. The second kappa shape index (κ2) is 7.70. The molecule has 110 valence electrons. The lowest BCUT2D eigenvalue weighted by molar-refractivity contribution is -0.384. The molecule has 0 aliphatic carbocycles. The SMILES string of the molecule is C#CCN(CCC)c1ccc(/C=C/C(=O)O)cc1[N+](=O)[O-]. The van der Waals surface area contributed by atoms with Gasteiger partial charge in [0.25, 0.3) is 5.69 Å². The Balaban J connectivity index is 3.23. The van der Waals surface area contributed by atoms with Crippen molar-refractivity contribution in [1.29, 1.82) is 0 Å². The summed E-state index contributed by atoms with van der Waals surface area (Å²) in [6.07, 6.45) is 8.35. The molecule has 0 radical (unpaired) electrons. The Morgan fingerprint density at radius 2 is 2.29 bits per heavy atom. The molecule has 0 fully saturated rings. The summed E-state index contributed by atoms with van der Waals surface area (Å²) in [6, 6.07) is 4.56. The van der Waals surface area contributed by atoms with E-state index in [0.717, 1.165) is 12.5 Å². The van der Waals surface area contributed by atoms with E-state index in [-0.39, 0.29) is 12.2 Å². The van der Waals surface area contributed by atoms with Gasteiger partial charge < -0.3 is 10.0 Å². The molecule has 0 aliphatic heterocycles. The number of terminal acetylenes is 1. The van der Waals surface area contributed by atoms with Crippen LogP contribution in [-0.4, -0.2) is 29.1 Å². The minimum absolute atomic E-state index is 0.0914. The molecule has 0 aliphatic rings. The number of benzene rings is 1. The van der Waals surface area contributed by atoms with Crippen LogP contribution in [0.25, 0.3) is 6.08 Å². The molecule has 0 amide bonds. The Morgan fingerprint density at radius 3 is 2.81 bits per heavy atom. The smallest absolute Gasteiger partial charge is 0.328 e. The van der Waals surface area contributed by atoms with Crippen molar-refractivity contribution in [3.05, 3.63) is 40.0 Å². The van der Waals surface area contributed by atoms with Crippen LogP contribution in [0.1, 0.15) is 18.9 Å². The van der Waals surface area contributed by atoms with Crippen LogP contribution in [0.5, 0.6) is 0 Å². The maximum Gasteiger partial charge on any atom is 0.328 e. The highest BCUT2D eigenvalue weighted by Gasteiger charge is 2.18. The van der Waals surface area contributed by atoms with Crippen LogP contribution in [0.3, 0.4) is 0 Å². The number of carboxylic acid groups (broad SMARTS) is 1. The second-order valence-electron chi connectivity index (χ2n) is 4.30. The summed E-state index contributed by atoms with van der Waals surface area (Å²) in [6.45, 7) is 2.84. The van der Waals surface area contributed by atoms with Crippen molar-refractivity contribution in [1.82, 2.24) is 0 Å². The first-order valence-electron chi connectivity index (χ1n) is 6.37. The fraction of sp³-hybridized carbons (Fsp3) is 0.267. The number of anilines is 1. The Labute approximate surface area is 122 Å². The van der Waals surface area contributed by atoms with E-state index in [1.807, 2.05) is 6.92 Å². The molecule has 0 spiro atoms. The normalized spacial score (nSPS) is 10.3. The number of carboxylic acids is 1. The van der Waals surface area contributed by atoms with Crippen LogP contribution in [0.4, 0.5) is 11.4 Å². The summed E-state index contributed by atoms with van der Waals surface area (Å²) < 4.78 is 0. The van der Waals surface area contributed by atoms with Crippen LogP contribution >= 0.6 is 0 Å². The van der Waals surface area contributed by atoms with Gasteiger partial charge in [0.05, 0.1) is 11.5 Å². The molecule has 1 N–H and O–H groups in total. The average molecular weight is 288 g/mol. The van der Waals surface area contributed by atoms with E-state index in [1.54, 1.807) is 17.0 Å². The van der Waals surface area contributed by atoms with Gasteiger partial charge in [0, 0.05) is 18.7 Å². The summed E-state index contributed by atoms with van der Waals surface area (Å²) in [4.78, 5) is 23.0. The molecule has 1 rings (SSSR count). The molecule has 1 aromatic carbocycles. The lowest BCUT2D eigenvalue weighted by atomic mass is 10.1. The number of nitro benzene ring substituents is 1. The van der Waals surface area contributed by atoms with Crippen LogP contribution in [0.15, 0.2) is 24.3 Å². The van der Waals surface area contributed by atoms with Gasteiger partial charge in [0.1, 0.15) is 5.69 Å². The molecule has 0 bridgehead atoms. The molecule has 21 heavy (non-hydrogen) atoms. The number of carbonyl (C=O) groups is 1. The van der Waals surface area contributed by atoms with Crippen LogP contribution in [0, 0.1) is 22.5 Å². The van der Waals surface area contributed by atoms with Gasteiger partial charge in [-0.1, -0.05) is 18.9 Å². The first kappa shape index (κ1) is 16.2. The van der Waals surface area contributed by atoms with E-state index < -0.39 is 10.9 Å². The summed E-state index contributed by atoms with van der Waals surface area (Å²) in [5.74, 6) is 1.37. The van der Waals surface area contributed by atoms with Gasteiger partial charge in [0.15, 0.2) is 0 Å². The van der Waals surface area contributed by atoms with Crippen LogP contribution in [-0.2, 0) is 4.79 Å². The topological polar surface area (TPSA) is 83.7 Å². The largest absolute Gasteiger partial charge is 0.478 e. The minimum Gasteiger partial charge on any atom is -0.478 e. The summed E-state index contributed by atoms with van der Waals surface area (Å²) in [7, 11) is 0. The maximum absolute atomic E-state index is 11.2. The number of rotatable bonds is 7. The van der Waals surface area contributed by atoms with E-state index in [0.29, 0.717) is 17.8 Å².